The zero-order valence-electron chi connectivity index (χ0n) is 14.0. The number of rotatable bonds is 4. The molecular weight excluding hydrogens is 310 g/mol. The fourth-order valence-electron chi connectivity index (χ4n) is 3.36. The first-order valence-corrected chi connectivity index (χ1v) is 8.10. The van der Waals surface area contributed by atoms with Gasteiger partial charge in [0.15, 0.2) is 11.5 Å². The van der Waals surface area contributed by atoms with Gasteiger partial charge in [0, 0.05) is 43.9 Å². The Kier molecular flexibility index (Phi) is 4.62. The Hall–Kier alpha value is -2.28. The highest BCUT2D eigenvalue weighted by Gasteiger charge is 2.38. The van der Waals surface area contributed by atoms with E-state index >= 15 is 0 Å². The highest BCUT2D eigenvalue weighted by Crippen LogP contribution is 2.34. The van der Waals surface area contributed by atoms with Crippen LogP contribution < -0.4 is 20.1 Å². The summed E-state index contributed by atoms with van der Waals surface area (Å²) in [4.78, 5) is 28.4. The number of likely N-dealkylation sites (tertiary alicyclic amines) is 1. The van der Waals surface area contributed by atoms with Crippen molar-refractivity contribution in [3.8, 4) is 11.5 Å². The number of carbonyl (C=O) groups is 2. The Balaban J connectivity index is 1.74. The lowest BCUT2D eigenvalue weighted by Crippen LogP contribution is -2.37. The minimum atomic E-state index is -0.309. The smallest absolute Gasteiger partial charge is 0.228 e. The van der Waals surface area contributed by atoms with Crippen LogP contribution in [0.4, 0.5) is 5.69 Å². The lowest BCUT2D eigenvalue weighted by atomic mass is 10.1. The number of nitrogens with two attached hydrogens (primary N) is 1. The van der Waals surface area contributed by atoms with Gasteiger partial charge in [-0.2, -0.15) is 0 Å². The first-order valence-electron chi connectivity index (χ1n) is 8.10. The van der Waals surface area contributed by atoms with Gasteiger partial charge in [0.1, 0.15) is 0 Å². The minimum absolute atomic E-state index is 0.0271. The molecule has 0 bridgehead atoms. The monoisotopic (exact) mass is 333 g/mol. The molecule has 2 fully saturated rings. The van der Waals surface area contributed by atoms with E-state index in [1.807, 2.05) is 0 Å². The van der Waals surface area contributed by atoms with Crippen molar-refractivity contribution in [2.45, 2.75) is 18.9 Å². The summed E-state index contributed by atoms with van der Waals surface area (Å²) in [7, 11) is 3.12. The number of carbonyl (C=O) groups excluding carboxylic acids is 2. The maximum absolute atomic E-state index is 12.6. The third-order valence-corrected chi connectivity index (χ3v) is 4.69. The molecule has 0 radical (unpaired) electrons. The van der Waals surface area contributed by atoms with E-state index < -0.39 is 0 Å². The molecule has 7 heteroatoms. The Bertz CT molecular complexity index is 649. The fourth-order valence-corrected chi connectivity index (χ4v) is 3.36. The number of anilines is 1. The average molecular weight is 333 g/mol. The summed E-state index contributed by atoms with van der Waals surface area (Å²) >= 11 is 0. The standard InChI is InChI=1S/C17H23N3O4/c1-23-14-4-3-13(8-15(14)24-2)20-9-11(7-16(20)21)17(22)19-6-5-12(18)10-19/h3-4,8,11-12H,5-7,9-10,18H2,1-2H3/t11-,12-/m1/s1. The van der Waals surface area contributed by atoms with E-state index in [1.54, 1.807) is 42.2 Å². The van der Waals surface area contributed by atoms with E-state index in [0.717, 1.165) is 6.42 Å². The molecule has 2 atom stereocenters. The zero-order chi connectivity index (χ0) is 17.3. The Morgan fingerprint density at radius 2 is 1.96 bits per heavy atom. The number of methoxy groups -OCH3 is 2. The number of benzene rings is 1. The minimum Gasteiger partial charge on any atom is -0.493 e. The predicted molar refractivity (Wildman–Crippen MR) is 89.2 cm³/mol. The third-order valence-electron chi connectivity index (χ3n) is 4.69. The molecule has 0 unspecified atom stereocenters. The maximum Gasteiger partial charge on any atom is 0.228 e. The first-order chi connectivity index (χ1) is 11.5. The van der Waals surface area contributed by atoms with Gasteiger partial charge in [0.05, 0.1) is 20.1 Å². The summed E-state index contributed by atoms with van der Waals surface area (Å²) in [5, 5.41) is 0. The molecule has 130 valence electrons. The summed E-state index contributed by atoms with van der Waals surface area (Å²) < 4.78 is 10.5. The lowest BCUT2D eigenvalue weighted by Gasteiger charge is -2.21. The summed E-state index contributed by atoms with van der Waals surface area (Å²) in [6, 6.07) is 5.37. The molecule has 1 aromatic carbocycles. The van der Waals surface area contributed by atoms with E-state index in [0.29, 0.717) is 36.8 Å². The molecule has 24 heavy (non-hydrogen) atoms. The van der Waals surface area contributed by atoms with Crippen LogP contribution in [0.1, 0.15) is 12.8 Å². The van der Waals surface area contributed by atoms with Gasteiger partial charge in [-0.15, -0.1) is 0 Å². The van der Waals surface area contributed by atoms with E-state index in [2.05, 4.69) is 0 Å². The molecule has 2 heterocycles. The highest BCUT2D eigenvalue weighted by molar-refractivity contribution is 6.00. The number of amides is 2. The Morgan fingerprint density at radius 3 is 2.58 bits per heavy atom. The van der Waals surface area contributed by atoms with Crippen molar-refractivity contribution in [3.63, 3.8) is 0 Å². The molecule has 2 amide bonds. The molecule has 7 nitrogen and oxygen atoms in total. The van der Waals surface area contributed by atoms with Crippen LogP contribution in [0.2, 0.25) is 0 Å². The quantitative estimate of drug-likeness (QED) is 0.873. The van der Waals surface area contributed by atoms with Gasteiger partial charge in [0.25, 0.3) is 0 Å². The van der Waals surface area contributed by atoms with Crippen molar-refractivity contribution in [2.24, 2.45) is 11.7 Å². The topological polar surface area (TPSA) is 85.1 Å². The average Bonchev–Trinajstić information content (AvgIpc) is 3.19. The first kappa shape index (κ1) is 16.6. The van der Waals surface area contributed by atoms with Gasteiger partial charge in [-0.1, -0.05) is 0 Å². The van der Waals surface area contributed by atoms with Crippen molar-refractivity contribution in [1.29, 1.82) is 0 Å². The van der Waals surface area contributed by atoms with Crippen LogP contribution in [0.5, 0.6) is 11.5 Å². The van der Waals surface area contributed by atoms with Crippen molar-refractivity contribution in [2.75, 3.05) is 38.8 Å². The van der Waals surface area contributed by atoms with Gasteiger partial charge < -0.3 is 25.0 Å². The maximum atomic E-state index is 12.6. The van der Waals surface area contributed by atoms with E-state index in [4.69, 9.17) is 15.2 Å². The van der Waals surface area contributed by atoms with Crippen LogP contribution >= 0.6 is 0 Å². The Labute approximate surface area is 141 Å². The molecule has 0 spiro atoms. The van der Waals surface area contributed by atoms with Gasteiger partial charge in [0.2, 0.25) is 11.8 Å². The van der Waals surface area contributed by atoms with E-state index in [9.17, 15) is 9.59 Å². The normalized spacial score (nSPS) is 23.7. The van der Waals surface area contributed by atoms with E-state index in [1.165, 1.54) is 0 Å². The molecule has 2 saturated heterocycles. The predicted octanol–water partition coefficient (Wildman–Crippen LogP) is 0.616. The van der Waals surface area contributed by atoms with Crippen LogP contribution in [0.25, 0.3) is 0 Å². The van der Waals surface area contributed by atoms with Gasteiger partial charge >= 0.3 is 0 Å². The number of ether oxygens (including phenoxy) is 2. The molecule has 1 aromatic rings. The summed E-state index contributed by atoms with van der Waals surface area (Å²) in [6.07, 6.45) is 1.06. The van der Waals surface area contributed by atoms with Crippen LogP contribution in [0.3, 0.4) is 0 Å². The Morgan fingerprint density at radius 1 is 1.21 bits per heavy atom. The largest absolute Gasteiger partial charge is 0.493 e. The second-order valence-corrected chi connectivity index (χ2v) is 6.28. The second-order valence-electron chi connectivity index (χ2n) is 6.28. The molecular formula is C17H23N3O4. The van der Waals surface area contributed by atoms with Crippen molar-refractivity contribution in [1.82, 2.24) is 4.90 Å². The SMILES string of the molecule is COc1ccc(N2C[C@H](C(=O)N3CC[C@@H](N)C3)CC2=O)cc1OC. The van der Waals surface area contributed by atoms with Crippen LogP contribution in [0.15, 0.2) is 18.2 Å². The molecule has 0 saturated carbocycles. The van der Waals surface area contributed by atoms with Crippen LogP contribution in [-0.4, -0.2) is 56.6 Å². The number of hydrogen-bond donors (Lipinski definition) is 1. The van der Waals surface area contributed by atoms with Crippen molar-refractivity contribution < 1.29 is 19.1 Å². The van der Waals surface area contributed by atoms with Gasteiger partial charge in [-0.25, -0.2) is 0 Å². The molecule has 2 N–H and O–H groups in total. The second kappa shape index (κ2) is 6.68. The lowest BCUT2D eigenvalue weighted by molar-refractivity contribution is -0.134. The van der Waals surface area contributed by atoms with Crippen molar-refractivity contribution >= 4 is 17.5 Å². The summed E-state index contributed by atoms with van der Waals surface area (Å²) in [5.41, 5.74) is 6.58. The summed E-state index contributed by atoms with van der Waals surface area (Å²) in [5.74, 6) is 0.828. The summed E-state index contributed by atoms with van der Waals surface area (Å²) in [6.45, 7) is 1.65. The van der Waals surface area contributed by atoms with Crippen LogP contribution in [-0.2, 0) is 9.59 Å². The molecule has 0 aliphatic carbocycles. The third kappa shape index (κ3) is 3.03. The van der Waals surface area contributed by atoms with Crippen LogP contribution in [0, 0.1) is 5.92 Å². The van der Waals surface area contributed by atoms with Crippen molar-refractivity contribution in [3.05, 3.63) is 18.2 Å². The molecule has 2 aliphatic heterocycles. The number of nitrogens with zero attached hydrogens (tertiary/aromatic N) is 2. The molecule has 2 aliphatic rings. The molecule has 0 aromatic heterocycles. The van der Waals surface area contributed by atoms with Gasteiger partial charge in [-0.05, 0) is 18.6 Å². The van der Waals surface area contributed by atoms with Gasteiger partial charge in [-0.3, -0.25) is 9.59 Å². The van der Waals surface area contributed by atoms with E-state index in [-0.39, 0.29) is 30.2 Å². The highest BCUT2D eigenvalue weighted by atomic mass is 16.5. The molecule has 3 rings (SSSR count). The number of hydrogen-bond acceptors (Lipinski definition) is 5. The fraction of sp³-hybridized carbons (Fsp3) is 0.529. The zero-order valence-corrected chi connectivity index (χ0v) is 14.0.